The van der Waals surface area contributed by atoms with Crippen molar-refractivity contribution in [3.05, 3.63) is 71.0 Å². The van der Waals surface area contributed by atoms with Crippen LogP contribution in [0.1, 0.15) is 40.0 Å². The summed E-state index contributed by atoms with van der Waals surface area (Å²) in [6.07, 6.45) is -1.74. The molecule has 2 aromatic carbocycles. The summed E-state index contributed by atoms with van der Waals surface area (Å²) in [5.41, 5.74) is 1.82. The number of benzene rings is 2. The third-order valence-electron chi connectivity index (χ3n) is 6.05. The van der Waals surface area contributed by atoms with Crippen molar-refractivity contribution in [2.45, 2.75) is 39.0 Å². The van der Waals surface area contributed by atoms with Crippen molar-refractivity contribution in [2.24, 2.45) is 0 Å². The Kier molecular flexibility index (Phi) is 6.54. The summed E-state index contributed by atoms with van der Waals surface area (Å²) < 4.78 is 51.9. The van der Waals surface area contributed by atoms with Crippen LogP contribution in [-0.2, 0) is 6.18 Å². The maximum Gasteiger partial charge on any atom is 0.416 e. The Morgan fingerprint density at radius 2 is 1.79 bits per heavy atom. The minimum absolute atomic E-state index is 0.00397. The lowest BCUT2D eigenvalue weighted by Gasteiger charge is -2.32. The van der Waals surface area contributed by atoms with E-state index in [-0.39, 0.29) is 29.1 Å². The zero-order chi connectivity index (χ0) is 24.5. The maximum atomic E-state index is 13.1. The zero-order valence-electron chi connectivity index (χ0n) is 19.2. The van der Waals surface area contributed by atoms with Gasteiger partial charge in [-0.05, 0) is 55.3 Å². The van der Waals surface area contributed by atoms with Crippen LogP contribution in [0.15, 0.2) is 48.7 Å². The van der Waals surface area contributed by atoms with Crippen LogP contribution in [0.5, 0.6) is 11.5 Å². The number of piperidine rings is 1. The molecule has 1 aliphatic heterocycles. The van der Waals surface area contributed by atoms with Crippen LogP contribution in [0.3, 0.4) is 0 Å². The van der Waals surface area contributed by atoms with Gasteiger partial charge in [0.25, 0.3) is 5.91 Å². The summed E-state index contributed by atoms with van der Waals surface area (Å²) in [7, 11) is 1.40. The molecular formula is C25H26F3N3O3. The molecule has 0 saturated carbocycles. The second kappa shape index (κ2) is 9.40. The Morgan fingerprint density at radius 1 is 1.06 bits per heavy atom. The Hall–Kier alpha value is -3.49. The molecule has 1 aromatic heterocycles. The maximum absolute atomic E-state index is 13.1. The molecule has 0 radical (unpaired) electrons. The Morgan fingerprint density at radius 3 is 2.44 bits per heavy atom. The molecule has 4 rings (SSSR count). The minimum atomic E-state index is -4.48. The van der Waals surface area contributed by atoms with E-state index in [4.69, 9.17) is 9.47 Å². The van der Waals surface area contributed by atoms with Gasteiger partial charge in [-0.3, -0.25) is 4.79 Å². The number of carbonyl (C=O) groups excluding carboxylic acids is 1. The zero-order valence-corrected chi connectivity index (χ0v) is 19.2. The lowest BCUT2D eigenvalue weighted by atomic mass is 10.1. The number of rotatable bonds is 5. The number of ether oxygens (including phenoxy) is 2. The fraction of sp³-hybridized carbons (Fsp3) is 0.360. The predicted octanol–water partition coefficient (Wildman–Crippen LogP) is 5.20. The average Bonchev–Trinajstić information content (AvgIpc) is 3.26. The molecule has 1 amide bonds. The number of likely N-dealkylation sites (tertiary alicyclic amines) is 1. The number of hydrogen-bond acceptors (Lipinski definition) is 4. The molecule has 0 unspecified atom stereocenters. The number of alkyl halides is 3. The highest BCUT2D eigenvalue weighted by Crippen LogP contribution is 2.31. The highest BCUT2D eigenvalue weighted by molar-refractivity contribution is 5.95. The summed E-state index contributed by atoms with van der Waals surface area (Å²) >= 11 is 0. The smallest absolute Gasteiger partial charge is 0.416 e. The lowest BCUT2D eigenvalue weighted by molar-refractivity contribution is -0.137. The molecule has 1 aliphatic rings. The van der Waals surface area contributed by atoms with E-state index >= 15 is 0 Å². The van der Waals surface area contributed by atoms with Gasteiger partial charge in [0.05, 0.1) is 24.6 Å². The van der Waals surface area contributed by atoms with E-state index in [0.717, 1.165) is 23.4 Å². The van der Waals surface area contributed by atoms with E-state index in [2.05, 4.69) is 5.10 Å². The van der Waals surface area contributed by atoms with Crippen molar-refractivity contribution in [3.63, 3.8) is 0 Å². The molecule has 34 heavy (non-hydrogen) atoms. The summed E-state index contributed by atoms with van der Waals surface area (Å²) in [6, 6.07) is 10.7. The van der Waals surface area contributed by atoms with Gasteiger partial charge in [-0.2, -0.15) is 18.3 Å². The van der Waals surface area contributed by atoms with Crippen molar-refractivity contribution in [1.82, 2.24) is 14.7 Å². The molecule has 6 nitrogen and oxygen atoms in total. The Bertz CT molecular complexity index is 1180. The number of aromatic nitrogens is 2. The van der Waals surface area contributed by atoms with Gasteiger partial charge in [-0.1, -0.05) is 12.1 Å². The van der Waals surface area contributed by atoms with Gasteiger partial charge in [0.15, 0.2) is 11.4 Å². The fourth-order valence-corrected chi connectivity index (χ4v) is 3.92. The summed E-state index contributed by atoms with van der Waals surface area (Å²) in [4.78, 5) is 14.8. The molecular weight excluding hydrogens is 447 g/mol. The second-order valence-electron chi connectivity index (χ2n) is 8.39. The largest absolute Gasteiger partial charge is 0.493 e. The molecule has 0 aliphatic carbocycles. The molecule has 3 aromatic rings. The standard InChI is InChI=1S/C25H26F3N3O3/c1-16-7-8-21(13-17(16)2)34-20-9-11-30(12-10-20)24(32)23-22(33-3)15-31(29-23)19-6-4-5-18(14-19)25(26,27)28/h4-8,13-15,20H,9-12H2,1-3H3. The number of halogens is 3. The fourth-order valence-electron chi connectivity index (χ4n) is 3.92. The molecule has 0 atom stereocenters. The average molecular weight is 473 g/mol. The normalized spacial score (nSPS) is 14.8. The topological polar surface area (TPSA) is 56.6 Å². The van der Waals surface area contributed by atoms with Gasteiger partial charge in [0.2, 0.25) is 0 Å². The summed E-state index contributed by atoms with van der Waals surface area (Å²) in [6.45, 7) is 5.04. The van der Waals surface area contributed by atoms with Crippen LogP contribution in [0.4, 0.5) is 13.2 Å². The van der Waals surface area contributed by atoms with Gasteiger partial charge in [-0.25, -0.2) is 4.68 Å². The van der Waals surface area contributed by atoms with Crippen LogP contribution < -0.4 is 9.47 Å². The molecule has 1 saturated heterocycles. The van der Waals surface area contributed by atoms with Gasteiger partial charge >= 0.3 is 6.18 Å². The van der Waals surface area contributed by atoms with E-state index in [1.165, 1.54) is 35.7 Å². The lowest BCUT2D eigenvalue weighted by Crippen LogP contribution is -2.42. The van der Waals surface area contributed by atoms with E-state index in [0.29, 0.717) is 25.9 Å². The molecule has 0 N–H and O–H groups in total. The van der Waals surface area contributed by atoms with Gasteiger partial charge in [-0.15, -0.1) is 0 Å². The quantitative estimate of drug-likeness (QED) is 0.511. The first kappa shape index (κ1) is 23.7. The summed E-state index contributed by atoms with van der Waals surface area (Å²) in [5, 5.41) is 4.26. The third kappa shape index (κ3) is 5.03. The number of aryl methyl sites for hydroxylation is 2. The van der Waals surface area contributed by atoms with Crippen molar-refractivity contribution >= 4 is 5.91 Å². The van der Waals surface area contributed by atoms with Crippen molar-refractivity contribution < 1.29 is 27.4 Å². The first-order chi connectivity index (χ1) is 16.2. The van der Waals surface area contributed by atoms with Gasteiger partial charge in [0.1, 0.15) is 11.9 Å². The molecule has 1 fully saturated rings. The van der Waals surface area contributed by atoms with Crippen molar-refractivity contribution in [1.29, 1.82) is 0 Å². The highest BCUT2D eigenvalue weighted by Gasteiger charge is 2.31. The Balaban J connectivity index is 1.45. The van der Waals surface area contributed by atoms with Gasteiger partial charge in [0, 0.05) is 25.9 Å². The monoisotopic (exact) mass is 473 g/mol. The van der Waals surface area contributed by atoms with Crippen LogP contribution in [-0.4, -0.2) is 46.9 Å². The second-order valence-corrected chi connectivity index (χ2v) is 8.39. The molecule has 2 heterocycles. The molecule has 0 spiro atoms. The number of hydrogen-bond donors (Lipinski definition) is 0. The molecule has 0 bridgehead atoms. The van der Waals surface area contributed by atoms with Crippen molar-refractivity contribution in [3.8, 4) is 17.2 Å². The summed E-state index contributed by atoms with van der Waals surface area (Å²) in [5.74, 6) is 0.692. The Labute approximate surface area is 195 Å². The van der Waals surface area contributed by atoms with Crippen molar-refractivity contribution in [2.75, 3.05) is 20.2 Å². The minimum Gasteiger partial charge on any atom is -0.493 e. The van der Waals surface area contributed by atoms with E-state index in [1.54, 1.807) is 4.90 Å². The number of nitrogens with zero attached hydrogens (tertiary/aromatic N) is 3. The number of carbonyl (C=O) groups is 1. The molecule has 9 heteroatoms. The highest BCUT2D eigenvalue weighted by atomic mass is 19.4. The SMILES string of the molecule is COc1cn(-c2cccc(C(F)(F)F)c2)nc1C(=O)N1CCC(Oc2ccc(C)c(C)c2)CC1. The first-order valence-electron chi connectivity index (χ1n) is 11.0. The van der Waals surface area contributed by atoms with Crippen LogP contribution in [0.2, 0.25) is 0 Å². The van der Waals surface area contributed by atoms with Gasteiger partial charge < -0.3 is 14.4 Å². The first-order valence-corrected chi connectivity index (χ1v) is 11.0. The van der Waals surface area contributed by atoms with Crippen LogP contribution in [0.25, 0.3) is 5.69 Å². The third-order valence-corrected chi connectivity index (χ3v) is 6.05. The predicted molar refractivity (Wildman–Crippen MR) is 121 cm³/mol. The number of methoxy groups -OCH3 is 1. The van der Waals surface area contributed by atoms with Crippen LogP contribution in [0, 0.1) is 13.8 Å². The van der Waals surface area contributed by atoms with Crippen LogP contribution >= 0.6 is 0 Å². The van der Waals surface area contributed by atoms with E-state index in [9.17, 15) is 18.0 Å². The molecule has 180 valence electrons. The van der Waals surface area contributed by atoms with E-state index < -0.39 is 11.7 Å². The number of amides is 1. The van der Waals surface area contributed by atoms with E-state index in [1.807, 2.05) is 32.0 Å².